The van der Waals surface area contributed by atoms with Crippen molar-refractivity contribution < 1.29 is 9.53 Å². The van der Waals surface area contributed by atoms with E-state index >= 15 is 0 Å². The van der Waals surface area contributed by atoms with Crippen LogP contribution < -0.4 is 10.1 Å². The second-order valence-electron chi connectivity index (χ2n) is 6.69. The monoisotopic (exact) mass is 415 g/mol. The highest BCUT2D eigenvalue weighted by atomic mass is 32.2. The van der Waals surface area contributed by atoms with Crippen molar-refractivity contribution in [3.05, 3.63) is 46.1 Å². The lowest BCUT2D eigenvalue weighted by molar-refractivity contribution is -0.120. The van der Waals surface area contributed by atoms with Crippen molar-refractivity contribution in [2.24, 2.45) is 0 Å². The van der Waals surface area contributed by atoms with E-state index in [9.17, 15) is 4.79 Å². The van der Waals surface area contributed by atoms with Crippen LogP contribution in [0.15, 0.2) is 29.3 Å². The Bertz CT molecular complexity index is 983. The number of nitrogens with zero attached hydrogens (tertiary/aromatic N) is 2. The van der Waals surface area contributed by atoms with Gasteiger partial charge in [-0.3, -0.25) is 4.79 Å². The summed E-state index contributed by atoms with van der Waals surface area (Å²) >= 11 is 3.18. The Morgan fingerprint density at radius 2 is 1.93 bits per heavy atom. The number of benzene rings is 1. The molecule has 2 aromatic heterocycles. The number of aryl methyl sites for hydroxylation is 3. The van der Waals surface area contributed by atoms with Crippen LogP contribution in [0.4, 0.5) is 0 Å². The molecule has 3 rings (SSSR count). The Morgan fingerprint density at radius 1 is 1.21 bits per heavy atom. The number of carbonyl (C=O) groups excluding carboxylic acids is 1. The van der Waals surface area contributed by atoms with Crippen molar-refractivity contribution in [1.29, 1.82) is 0 Å². The third kappa shape index (κ3) is 4.64. The zero-order chi connectivity index (χ0) is 20.3. The molecule has 0 saturated heterocycles. The second-order valence-corrected chi connectivity index (χ2v) is 9.22. The van der Waals surface area contributed by atoms with Gasteiger partial charge in [-0.2, -0.15) is 0 Å². The predicted octanol–water partition coefficient (Wildman–Crippen LogP) is 4.46. The first-order valence-electron chi connectivity index (χ1n) is 9.20. The van der Waals surface area contributed by atoms with E-state index in [0.29, 0.717) is 6.54 Å². The standard InChI is InChI=1S/C21H25N3O2S2/c1-12-13(2)27-20-18(12)21(24-15(4)23-20)28-14(3)19(25)22-11-10-16-6-8-17(26-5)9-7-16/h6-9,14H,10-11H2,1-5H3,(H,22,25)/t14-/m1/s1. The third-order valence-electron chi connectivity index (χ3n) is 4.64. The van der Waals surface area contributed by atoms with Gasteiger partial charge >= 0.3 is 0 Å². The van der Waals surface area contributed by atoms with Gasteiger partial charge in [0.2, 0.25) is 5.91 Å². The summed E-state index contributed by atoms with van der Waals surface area (Å²) in [4.78, 5) is 24.0. The van der Waals surface area contributed by atoms with Crippen molar-refractivity contribution in [3.63, 3.8) is 0 Å². The van der Waals surface area contributed by atoms with E-state index < -0.39 is 0 Å². The number of thiophene rings is 1. The Labute approximate surface area is 173 Å². The van der Waals surface area contributed by atoms with Gasteiger partial charge in [-0.15, -0.1) is 11.3 Å². The van der Waals surface area contributed by atoms with Gasteiger partial charge in [0.25, 0.3) is 0 Å². The van der Waals surface area contributed by atoms with E-state index in [2.05, 4.69) is 29.1 Å². The van der Waals surface area contributed by atoms with Crippen molar-refractivity contribution in [2.75, 3.05) is 13.7 Å². The molecule has 1 aromatic carbocycles. The molecule has 7 heteroatoms. The van der Waals surface area contributed by atoms with Crippen molar-refractivity contribution in [3.8, 4) is 5.75 Å². The van der Waals surface area contributed by atoms with E-state index in [4.69, 9.17) is 4.74 Å². The highest BCUT2D eigenvalue weighted by Gasteiger charge is 2.20. The van der Waals surface area contributed by atoms with Gasteiger partial charge in [0, 0.05) is 16.8 Å². The molecule has 0 aliphatic heterocycles. The maximum atomic E-state index is 12.6. The molecule has 1 atom stereocenters. The fraction of sp³-hybridized carbons (Fsp3) is 0.381. The Morgan fingerprint density at radius 3 is 2.61 bits per heavy atom. The zero-order valence-corrected chi connectivity index (χ0v) is 18.5. The third-order valence-corrected chi connectivity index (χ3v) is 6.82. The highest BCUT2D eigenvalue weighted by molar-refractivity contribution is 8.00. The SMILES string of the molecule is COc1ccc(CCNC(=O)[C@@H](C)Sc2nc(C)nc3sc(C)c(C)c23)cc1. The van der Waals surface area contributed by atoms with E-state index in [1.807, 2.05) is 38.1 Å². The molecule has 0 aliphatic carbocycles. The maximum absolute atomic E-state index is 12.6. The first-order chi connectivity index (χ1) is 13.4. The first-order valence-corrected chi connectivity index (χ1v) is 10.9. The van der Waals surface area contributed by atoms with E-state index in [-0.39, 0.29) is 11.2 Å². The number of hydrogen-bond acceptors (Lipinski definition) is 6. The molecule has 0 bridgehead atoms. The fourth-order valence-corrected chi connectivity index (χ4v) is 5.10. The summed E-state index contributed by atoms with van der Waals surface area (Å²) in [5.41, 5.74) is 2.37. The molecule has 1 N–H and O–H groups in total. The van der Waals surface area contributed by atoms with Crippen molar-refractivity contribution >= 4 is 39.2 Å². The van der Waals surface area contributed by atoms with Gasteiger partial charge in [-0.05, 0) is 57.4 Å². The minimum atomic E-state index is -0.229. The molecule has 148 valence electrons. The number of carbonyl (C=O) groups is 1. The van der Waals surface area contributed by atoms with Crippen LogP contribution in [0.2, 0.25) is 0 Å². The molecule has 0 aliphatic rings. The number of ether oxygens (including phenoxy) is 1. The number of rotatable bonds is 7. The number of aromatic nitrogens is 2. The molecule has 0 unspecified atom stereocenters. The van der Waals surface area contributed by atoms with E-state index in [1.165, 1.54) is 27.8 Å². The molecular weight excluding hydrogens is 390 g/mol. The molecule has 2 heterocycles. The molecular formula is C21H25N3O2S2. The topological polar surface area (TPSA) is 64.1 Å². The quantitative estimate of drug-likeness (QED) is 0.456. The minimum absolute atomic E-state index is 0.0209. The molecule has 0 saturated carbocycles. The zero-order valence-electron chi connectivity index (χ0n) is 16.8. The van der Waals surface area contributed by atoms with Crippen LogP contribution in [-0.4, -0.2) is 34.8 Å². The summed E-state index contributed by atoms with van der Waals surface area (Å²) in [5.74, 6) is 1.60. The van der Waals surface area contributed by atoms with Crippen LogP contribution in [0.5, 0.6) is 5.75 Å². The smallest absolute Gasteiger partial charge is 0.233 e. The average Bonchev–Trinajstić information content (AvgIpc) is 2.95. The molecule has 0 radical (unpaired) electrons. The summed E-state index contributed by atoms with van der Waals surface area (Å²) in [6.07, 6.45) is 0.785. The van der Waals surface area contributed by atoms with Gasteiger partial charge < -0.3 is 10.1 Å². The summed E-state index contributed by atoms with van der Waals surface area (Å²) in [6, 6.07) is 7.91. The number of nitrogens with one attached hydrogen (secondary N) is 1. The first kappa shape index (κ1) is 20.6. The highest BCUT2D eigenvalue weighted by Crippen LogP contribution is 2.36. The van der Waals surface area contributed by atoms with Crippen LogP contribution in [0.3, 0.4) is 0 Å². The van der Waals surface area contributed by atoms with Crippen LogP contribution in [0.25, 0.3) is 10.2 Å². The summed E-state index contributed by atoms with van der Waals surface area (Å²) < 4.78 is 5.17. The van der Waals surface area contributed by atoms with Crippen LogP contribution in [0, 0.1) is 20.8 Å². The average molecular weight is 416 g/mol. The van der Waals surface area contributed by atoms with Crippen molar-refractivity contribution in [1.82, 2.24) is 15.3 Å². The fourth-order valence-electron chi connectivity index (χ4n) is 2.89. The van der Waals surface area contributed by atoms with Gasteiger partial charge in [0.1, 0.15) is 21.4 Å². The number of methoxy groups -OCH3 is 1. The molecule has 5 nitrogen and oxygen atoms in total. The molecule has 28 heavy (non-hydrogen) atoms. The van der Waals surface area contributed by atoms with Gasteiger partial charge in [0.15, 0.2) is 0 Å². The van der Waals surface area contributed by atoms with Gasteiger partial charge in [-0.1, -0.05) is 23.9 Å². The largest absolute Gasteiger partial charge is 0.497 e. The Kier molecular flexibility index (Phi) is 6.57. The predicted molar refractivity (Wildman–Crippen MR) is 117 cm³/mol. The van der Waals surface area contributed by atoms with E-state index in [0.717, 1.165) is 33.2 Å². The van der Waals surface area contributed by atoms with Crippen molar-refractivity contribution in [2.45, 2.75) is 44.4 Å². The molecule has 3 aromatic rings. The normalized spacial score (nSPS) is 12.2. The Hall–Kier alpha value is -2.12. The lowest BCUT2D eigenvalue weighted by atomic mass is 10.1. The van der Waals surface area contributed by atoms with Gasteiger partial charge in [0.05, 0.1) is 12.4 Å². The summed E-state index contributed by atoms with van der Waals surface area (Å²) in [7, 11) is 1.65. The Balaban J connectivity index is 1.62. The van der Waals surface area contributed by atoms with Crippen LogP contribution in [-0.2, 0) is 11.2 Å². The number of fused-ring (bicyclic) bond motifs is 1. The van der Waals surface area contributed by atoms with Gasteiger partial charge in [-0.25, -0.2) is 9.97 Å². The lowest BCUT2D eigenvalue weighted by Crippen LogP contribution is -2.32. The molecule has 1 amide bonds. The maximum Gasteiger partial charge on any atom is 0.233 e. The summed E-state index contributed by atoms with van der Waals surface area (Å²) in [5, 5.41) is 4.77. The van der Waals surface area contributed by atoms with Crippen LogP contribution in [0.1, 0.15) is 28.8 Å². The van der Waals surface area contributed by atoms with Crippen LogP contribution >= 0.6 is 23.1 Å². The summed E-state index contributed by atoms with van der Waals surface area (Å²) in [6.45, 7) is 8.61. The van der Waals surface area contributed by atoms with E-state index in [1.54, 1.807) is 18.4 Å². The molecule has 0 spiro atoms. The number of hydrogen-bond donors (Lipinski definition) is 1. The second kappa shape index (κ2) is 8.92. The molecule has 0 fully saturated rings. The number of amides is 1. The minimum Gasteiger partial charge on any atom is -0.497 e. The lowest BCUT2D eigenvalue weighted by Gasteiger charge is -2.13. The number of thioether (sulfide) groups is 1.